The Labute approximate surface area is 171 Å². The lowest BCUT2D eigenvalue weighted by Crippen LogP contribution is -2.46. The molecule has 1 atom stereocenters. The minimum atomic E-state index is -0.990. The Hall–Kier alpha value is -2.64. The number of nitrogens with two attached hydrogens (primary N) is 1. The second-order valence-corrected chi connectivity index (χ2v) is 7.56. The van der Waals surface area contributed by atoms with E-state index in [1.165, 1.54) is 0 Å². The molecule has 7 nitrogen and oxygen atoms in total. The highest BCUT2D eigenvalue weighted by Gasteiger charge is 2.36. The van der Waals surface area contributed by atoms with E-state index in [4.69, 9.17) is 15.2 Å². The van der Waals surface area contributed by atoms with Crippen molar-refractivity contribution in [1.82, 2.24) is 9.88 Å². The van der Waals surface area contributed by atoms with Crippen LogP contribution in [0.15, 0.2) is 36.5 Å². The summed E-state index contributed by atoms with van der Waals surface area (Å²) < 4.78 is 10.6. The molecular formula is C22H29N3O4. The Morgan fingerprint density at radius 3 is 2.48 bits per heavy atom. The molecule has 0 spiro atoms. The number of aryl methyl sites for hydroxylation is 1. The van der Waals surface area contributed by atoms with Crippen molar-refractivity contribution in [1.29, 1.82) is 0 Å². The highest BCUT2D eigenvalue weighted by molar-refractivity contribution is 5.77. The molecule has 2 heterocycles. The van der Waals surface area contributed by atoms with Crippen LogP contribution in [0.3, 0.4) is 0 Å². The molecule has 0 unspecified atom stereocenters. The van der Waals surface area contributed by atoms with Crippen LogP contribution in [0, 0.1) is 6.92 Å². The quantitative estimate of drug-likeness (QED) is 0.774. The van der Waals surface area contributed by atoms with Gasteiger partial charge in [0.15, 0.2) is 11.5 Å². The number of pyridine rings is 1. The van der Waals surface area contributed by atoms with Crippen molar-refractivity contribution in [2.75, 3.05) is 27.3 Å². The first-order chi connectivity index (χ1) is 13.9. The van der Waals surface area contributed by atoms with Gasteiger partial charge in [0.25, 0.3) is 0 Å². The van der Waals surface area contributed by atoms with Crippen LogP contribution in [0.1, 0.15) is 42.1 Å². The number of hydrogen-bond donors (Lipinski definition) is 2. The molecule has 29 heavy (non-hydrogen) atoms. The first-order valence-corrected chi connectivity index (χ1v) is 9.77. The molecule has 1 aromatic heterocycles. The van der Waals surface area contributed by atoms with Crippen molar-refractivity contribution in [2.45, 2.75) is 37.8 Å². The molecule has 156 valence electrons. The Bertz CT molecular complexity index is 846. The van der Waals surface area contributed by atoms with E-state index in [2.05, 4.69) is 4.98 Å². The standard InChI is InChI=1S/C22H29N3O4/c1-15-4-7-20(24-14-15)22(27)8-10-25(11-9-22)21(26)13-17(23)16-5-6-18(28-2)19(12-16)29-3/h4-7,12,14,17,27H,8-11,13,23H2,1-3H3/t17-/m0/s1. The summed E-state index contributed by atoms with van der Waals surface area (Å²) in [4.78, 5) is 18.9. The number of aromatic nitrogens is 1. The number of hydrogen-bond acceptors (Lipinski definition) is 6. The van der Waals surface area contributed by atoms with Gasteiger partial charge >= 0.3 is 0 Å². The lowest BCUT2D eigenvalue weighted by atomic mass is 9.87. The first-order valence-electron chi connectivity index (χ1n) is 9.77. The molecule has 2 aromatic rings. The number of carbonyl (C=O) groups is 1. The molecule has 1 aliphatic heterocycles. The van der Waals surface area contributed by atoms with E-state index >= 15 is 0 Å². The zero-order valence-electron chi connectivity index (χ0n) is 17.2. The summed E-state index contributed by atoms with van der Waals surface area (Å²) in [5.41, 5.74) is 7.81. The number of carbonyl (C=O) groups excluding carboxylic acids is 1. The van der Waals surface area contributed by atoms with Crippen molar-refractivity contribution in [3.05, 3.63) is 53.3 Å². The van der Waals surface area contributed by atoms with Gasteiger partial charge in [0.05, 0.1) is 19.9 Å². The maximum Gasteiger partial charge on any atom is 0.224 e. The van der Waals surface area contributed by atoms with E-state index in [-0.39, 0.29) is 12.3 Å². The van der Waals surface area contributed by atoms with Gasteiger partial charge in [-0.05, 0) is 49.1 Å². The van der Waals surface area contributed by atoms with E-state index in [9.17, 15) is 9.90 Å². The highest BCUT2D eigenvalue weighted by atomic mass is 16.5. The van der Waals surface area contributed by atoms with Crippen molar-refractivity contribution < 1.29 is 19.4 Å². The summed E-state index contributed by atoms with van der Waals surface area (Å²) in [5.74, 6) is 1.18. The lowest BCUT2D eigenvalue weighted by molar-refractivity contribution is -0.136. The second kappa shape index (κ2) is 8.80. The molecule has 3 N–H and O–H groups in total. The smallest absolute Gasteiger partial charge is 0.224 e. The first kappa shape index (κ1) is 21.1. The monoisotopic (exact) mass is 399 g/mol. The Morgan fingerprint density at radius 1 is 1.21 bits per heavy atom. The third-order valence-corrected chi connectivity index (χ3v) is 5.56. The fourth-order valence-electron chi connectivity index (χ4n) is 3.64. The van der Waals surface area contributed by atoms with E-state index < -0.39 is 11.6 Å². The molecule has 0 bridgehead atoms. The Morgan fingerprint density at radius 2 is 1.90 bits per heavy atom. The van der Waals surface area contributed by atoms with Crippen LogP contribution in [0.25, 0.3) is 0 Å². The maximum absolute atomic E-state index is 12.7. The van der Waals surface area contributed by atoms with Gasteiger partial charge in [0, 0.05) is 31.7 Å². The van der Waals surface area contributed by atoms with Gasteiger partial charge in [-0.2, -0.15) is 0 Å². The molecule has 7 heteroatoms. The zero-order chi connectivity index (χ0) is 21.0. The highest BCUT2D eigenvalue weighted by Crippen LogP contribution is 2.33. The molecule has 1 saturated heterocycles. The van der Waals surface area contributed by atoms with Crippen LogP contribution < -0.4 is 15.2 Å². The summed E-state index contributed by atoms with van der Waals surface area (Å²) in [6.45, 7) is 2.91. The number of benzene rings is 1. The fourth-order valence-corrected chi connectivity index (χ4v) is 3.64. The molecule has 1 amide bonds. The summed E-state index contributed by atoms with van der Waals surface area (Å²) in [6, 6.07) is 8.79. The minimum absolute atomic E-state index is 0.0220. The number of aliphatic hydroxyl groups is 1. The molecule has 1 aliphatic rings. The van der Waals surface area contributed by atoms with E-state index in [1.807, 2.05) is 25.1 Å². The third-order valence-electron chi connectivity index (χ3n) is 5.56. The summed E-state index contributed by atoms with van der Waals surface area (Å²) in [5, 5.41) is 10.9. The molecular weight excluding hydrogens is 370 g/mol. The van der Waals surface area contributed by atoms with Crippen molar-refractivity contribution >= 4 is 5.91 Å². The van der Waals surface area contributed by atoms with Crippen molar-refractivity contribution in [2.24, 2.45) is 5.73 Å². The van der Waals surface area contributed by atoms with Gasteiger partial charge in [-0.15, -0.1) is 0 Å². The largest absolute Gasteiger partial charge is 0.493 e. The summed E-state index contributed by atoms with van der Waals surface area (Å²) in [6.07, 6.45) is 2.87. The Balaban J connectivity index is 1.60. The predicted molar refractivity (Wildman–Crippen MR) is 110 cm³/mol. The summed E-state index contributed by atoms with van der Waals surface area (Å²) in [7, 11) is 3.14. The fraction of sp³-hybridized carbons (Fsp3) is 0.455. The number of amides is 1. The topological polar surface area (TPSA) is 97.9 Å². The molecule has 3 rings (SSSR count). The number of nitrogens with zero attached hydrogens (tertiary/aromatic N) is 2. The lowest BCUT2D eigenvalue weighted by Gasteiger charge is -2.38. The Kier molecular flexibility index (Phi) is 6.39. The molecule has 1 fully saturated rings. The molecule has 0 radical (unpaired) electrons. The van der Waals surface area contributed by atoms with Gasteiger partial charge < -0.3 is 25.2 Å². The molecule has 1 aromatic carbocycles. The van der Waals surface area contributed by atoms with Crippen LogP contribution in [0.5, 0.6) is 11.5 Å². The van der Waals surface area contributed by atoms with E-state index in [0.29, 0.717) is 43.1 Å². The zero-order valence-corrected chi connectivity index (χ0v) is 17.2. The predicted octanol–water partition coefficient (Wildman–Crippen LogP) is 2.31. The van der Waals surface area contributed by atoms with Gasteiger partial charge in [-0.3, -0.25) is 9.78 Å². The van der Waals surface area contributed by atoms with Crippen LogP contribution in [0.2, 0.25) is 0 Å². The molecule has 0 saturated carbocycles. The second-order valence-electron chi connectivity index (χ2n) is 7.56. The average Bonchev–Trinajstić information content (AvgIpc) is 2.73. The third kappa shape index (κ3) is 4.68. The van der Waals surface area contributed by atoms with Gasteiger partial charge in [-0.1, -0.05) is 12.1 Å². The molecule has 0 aliphatic carbocycles. The van der Waals surface area contributed by atoms with Crippen molar-refractivity contribution in [3.8, 4) is 11.5 Å². The number of likely N-dealkylation sites (tertiary alicyclic amines) is 1. The number of piperidine rings is 1. The maximum atomic E-state index is 12.7. The van der Waals surface area contributed by atoms with Gasteiger partial charge in [0.1, 0.15) is 5.60 Å². The van der Waals surface area contributed by atoms with Gasteiger partial charge in [-0.25, -0.2) is 0 Å². The van der Waals surface area contributed by atoms with E-state index in [1.54, 1.807) is 37.4 Å². The van der Waals surface area contributed by atoms with Crippen LogP contribution in [0.4, 0.5) is 0 Å². The van der Waals surface area contributed by atoms with Crippen LogP contribution in [-0.4, -0.2) is 48.2 Å². The summed E-state index contributed by atoms with van der Waals surface area (Å²) >= 11 is 0. The van der Waals surface area contributed by atoms with Gasteiger partial charge in [0.2, 0.25) is 5.91 Å². The SMILES string of the molecule is COc1ccc([C@@H](N)CC(=O)N2CCC(O)(c3ccc(C)cn3)CC2)cc1OC. The normalized spacial score (nSPS) is 16.9. The number of methoxy groups -OCH3 is 2. The average molecular weight is 399 g/mol. The van der Waals surface area contributed by atoms with E-state index in [0.717, 1.165) is 11.1 Å². The van der Waals surface area contributed by atoms with Crippen molar-refractivity contribution in [3.63, 3.8) is 0 Å². The van der Waals surface area contributed by atoms with Crippen LogP contribution >= 0.6 is 0 Å². The van der Waals surface area contributed by atoms with Crippen LogP contribution in [-0.2, 0) is 10.4 Å². The number of rotatable bonds is 6. The minimum Gasteiger partial charge on any atom is -0.493 e. The number of ether oxygens (including phenoxy) is 2.